The first-order valence-corrected chi connectivity index (χ1v) is 6.56. The van der Waals surface area contributed by atoms with Crippen molar-refractivity contribution in [1.29, 1.82) is 0 Å². The molecule has 2 aromatic rings. The van der Waals surface area contributed by atoms with Crippen molar-refractivity contribution >= 4 is 17.6 Å². The molecular formula is C14H19N5O2. The summed E-state index contributed by atoms with van der Waals surface area (Å²) in [6.07, 6.45) is -0.0452. The van der Waals surface area contributed by atoms with Gasteiger partial charge in [0.1, 0.15) is 5.75 Å². The Balaban J connectivity index is 2.38. The lowest BCUT2D eigenvalue weighted by Gasteiger charge is -2.20. The SMILES string of the molecule is COc1ccccc1N(C)c1nc(N)nc(OC(C)C)n1. The van der Waals surface area contributed by atoms with Crippen LogP contribution in [-0.4, -0.2) is 35.2 Å². The van der Waals surface area contributed by atoms with Gasteiger partial charge >= 0.3 is 6.01 Å². The third-order valence-corrected chi connectivity index (χ3v) is 2.71. The standard InChI is InChI=1S/C14H19N5O2/c1-9(2)21-14-17-12(15)16-13(18-14)19(3)10-7-5-6-8-11(10)20-4/h5-9H,1-4H3,(H2,15,16,17,18). The molecule has 2 rings (SSSR count). The molecule has 0 spiro atoms. The topological polar surface area (TPSA) is 86.4 Å². The molecule has 112 valence electrons. The number of nitrogens with two attached hydrogens (primary N) is 1. The van der Waals surface area contributed by atoms with Crippen molar-refractivity contribution in [2.45, 2.75) is 20.0 Å². The molecule has 0 saturated carbocycles. The summed E-state index contributed by atoms with van der Waals surface area (Å²) in [6.45, 7) is 3.78. The van der Waals surface area contributed by atoms with Crippen LogP contribution in [0.5, 0.6) is 11.8 Å². The fraction of sp³-hybridized carbons (Fsp3) is 0.357. The second kappa shape index (κ2) is 6.25. The number of aromatic nitrogens is 3. The van der Waals surface area contributed by atoms with Crippen molar-refractivity contribution in [3.8, 4) is 11.8 Å². The highest BCUT2D eigenvalue weighted by Gasteiger charge is 2.15. The first kappa shape index (κ1) is 14.8. The number of hydrogen-bond acceptors (Lipinski definition) is 7. The van der Waals surface area contributed by atoms with Crippen LogP contribution in [0.1, 0.15) is 13.8 Å². The number of nitrogen functional groups attached to an aromatic ring is 1. The molecule has 1 heterocycles. The summed E-state index contributed by atoms with van der Waals surface area (Å²) in [5.74, 6) is 1.21. The average Bonchev–Trinajstić information content (AvgIpc) is 2.45. The van der Waals surface area contributed by atoms with Crippen LogP contribution in [0.3, 0.4) is 0 Å². The third-order valence-electron chi connectivity index (χ3n) is 2.71. The second-order valence-corrected chi connectivity index (χ2v) is 4.67. The van der Waals surface area contributed by atoms with Crippen molar-refractivity contribution in [1.82, 2.24) is 15.0 Å². The predicted octanol–water partition coefficient (Wildman–Crippen LogP) is 2.02. The molecule has 0 bridgehead atoms. The molecule has 0 unspecified atom stereocenters. The number of ether oxygens (including phenoxy) is 2. The maximum Gasteiger partial charge on any atom is 0.323 e. The first-order chi connectivity index (χ1) is 10.0. The van der Waals surface area contributed by atoms with Gasteiger partial charge in [0.05, 0.1) is 18.9 Å². The molecule has 1 aromatic heterocycles. The van der Waals surface area contributed by atoms with Gasteiger partial charge in [0.15, 0.2) is 0 Å². The Kier molecular flexibility index (Phi) is 4.42. The number of hydrogen-bond donors (Lipinski definition) is 1. The smallest absolute Gasteiger partial charge is 0.323 e. The fourth-order valence-corrected chi connectivity index (χ4v) is 1.79. The van der Waals surface area contributed by atoms with Crippen LogP contribution in [0.2, 0.25) is 0 Å². The summed E-state index contributed by atoms with van der Waals surface area (Å²) in [4.78, 5) is 14.1. The van der Waals surface area contributed by atoms with E-state index in [0.29, 0.717) is 11.7 Å². The van der Waals surface area contributed by atoms with E-state index >= 15 is 0 Å². The Morgan fingerprint density at radius 2 is 1.86 bits per heavy atom. The van der Waals surface area contributed by atoms with Gasteiger partial charge in [-0.15, -0.1) is 0 Å². The van der Waals surface area contributed by atoms with E-state index in [-0.39, 0.29) is 18.1 Å². The number of rotatable bonds is 5. The van der Waals surface area contributed by atoms with E-state index in [1.165, 1.54) is 0 Å². The van der Waals surface area contributed by atoms with Crippen LogP contribution < -0.4 is 20.1 Å². The minimum absolute atomic E-state index is 0.0452. The zero-order chi connectivity index (χ0) is 15.4. The van der Waals surface area contributed by atoms with Crippen molar-refractivity contribution in [2.75, 3.05) is 24.8 Å². The van der Waals surface area contributed by atoms with E-state index in [2.05, 4.69) is 15.0 Å². The van der Waals surface area contributed by atoms with E-state index in [1.807, 2.05) is 45.2 Å². The summed E-state index contributed by atoms with van der Waals surface area (Å²) in [6, 6.07) is 7.77. The van der Waals surface area contributed by atoms with Crippen LogP contribution in [0.15, 0.2) is 24.3 Å². The molecule has 0 aliphatic heterocycles. The summed E-state index contributed by atoms with van der Waals surface area (Å²) in [5.41, 5.74) is 6.54. The highest BCUT2D eigenvalue weighted by atomic mass is 16.5. The van der Waals surface area contributed by atoms with Crippen LogP contribution in [0.4, 0.5) is 17.6 Å². The van der Waals surface area contributed by atoms with Crippen molar-refractivity contribution in [3.05, 3.63) is 24.3 Å². The molecule has 1 aromatic carbocycles. The molecule has 0 atom stereocenters. The zero-order valence-electron chi connectivity index (χ0n) is 12.6. The first-order valence-electron chi connectivity index (χ1n) is 6.56. The normalized spacial score (nSPS) is 10.5. The van der Waals surface area contributed by atoms with Crippen LogP contribution in [-0.2, 0) is 0 Å². The molecule has 2 N–H and O–H groups in total. The Labute approximate surface area is 123 Å². The van der Waals surface area contributed by atoms with Gasteiger partial charge in [0.2, 0.25) is 11.9 Å². The highest BCUT2D eigenvalue weighted by Crippen LogP contribution is 2.30. The number of methoxy groups -OCH3 is 1. The fourth-order valence-electron chi connectivity index (χ4n) is 1.79. The Hall–Kier alpha value is -2.57. The Morgan fingerprint density at radius 1 is 1.14 bits per heavy atom. The molecule has 0 radical (unpaired) electrons. The maximum absolute atomic E-state index is 5.72. The van der Waals surface area contributed by atoms with Gasteiger partial charge in [-0.05, 0) is 26.0 Å². The summed E-state index contributed by atoms with van der Waals surface area (Å²) in [5, 5.41) is 0. The average molecular weight is 289 g/mol. The van der Waals surface area contributed by atoms with Crippen LogP contribution >= 0.6 is 0 Å². The molecule has 21 heavy (non-hydrogen) atoms. The minimum atomic E-state index is -0.0452. The van der Waals surface area contributed by atoms with Crippen LogP contribution in [0, 0.1) is 0 Å². The number of para-hydroxylation sites is 2. The molecule has 0 saturated heterocycles. The molecule has 0 aliphatic rings. The maximum atomic E-state index is 5.72. The zero-order valence-corrected chi connectivity index (χ0v) is 12.6. The van der Waals surface area contributed by atoms with Crippen molar-refractivity contribution < 1.29 is 9.47 Å². The van der Waals surface area contributed by atoms with E-state index in [1.54, 1.807) is 12.0 Å². The van der Waals surface area contributed by atoms with E-state index in [0.717, 1.165) is 5.69 Å². The predicted molar refractivity (Wildman–Crippen MR) is 81.1 cm³/mol. The van der Waals surface area contributed by atoms with Gasteiger partial charge in [-0.3, -0.25) is 0 Å². The van der Waals surface area contributed by atoms with Gasteiger partial charge in [-0.25, -0.2) is 0 Å². The molecule has 7 nitrogen and oxygen atoms in total. The molecule has 0 aliphatic carbocycles. The summed E-state index contributed by atoms with van der Waals surface area (Å²) >= 11 is 0. The van der Waals surface area contributed by atoms with Gasteiger partial charge in [-0.1, -0.05) is 12.1 Å². The highest BCUT2D eigenvalue weighted by molar-refractivity contribution is 5.65. The molecule has 0 amide bonds. The minimum Gasteiger partial charge on any atom is -0.495 e. The number of anilines is 3. The van der Waals surface area contributed by atoms with Crippen molar-refractivity contribution in [2.24, 2.45) is 0 Å². The monoisotopic (exact) mass is 289 g/mol. The quantitative estimate of drug-likeness (QED) is 0.901. The van der Waals surface area contributed by atoms with E-state index in [4.69, 9.17) is 15.2 Å². The molecule has 0 fully saturated rings. The Bertz CT molecular complexity index is 618. The summed E-state index contributed by atoms with van der Waals surface area (Å²) < 4.78 is 10.8. The second-order valence-electron chi connectivity index (χ2n) is 4.67. The lowest BCUT2D eigenvalue weighted by atomic mass is 10.3. The molecular weight excluding hydrogens is 270 g/mol. The lowest BCUT2D eigenvalue weighted by molar-refractivity contribution is 0.222. The number of benzene rings is 1. The molecule has 7 heteroatoms. The van der Waals surface area contributed by atoms with E-state index in [9.17, 15) is 0 Å². The number of nitrogens with zero attached hydrogens (tertiary/aromatic N) is 4. The van der Waals surface area contributed by atoms with Gasteiger partial charge in [-0.2, -0.15) is 15.0 Å². The van der Waals surface area contributed by atoms with E-state index < -0.39 is 0 Å². The Morgan fingerprint density at radius 3 is 2.52 bits per heavy atom. The lowest BCUT2D eigenvalue weighted by Crippen LogP contribution is -2.17. The summed E-state index contributed by atoms with van der Waals surface area (Å²) in [7, 11) is 3.44. The van der Waals surface area contributed by atoms with Crippen LogP contribution in [0.25, 0.3) is 0 Å². The van der Waals surface area contributed by atoms with Gasteiger partial charge in [0, 0.05) is 7.05 Å². The van der Waals surface area contributed by atoms with Gasteiger partial charge in [0.25, 0.3) is 0 Å². The van der Waals surface area contributed by atoms with Crippen molar-refractivity contribution in [3.63, 3.8) is 0 Å². The van der Waals surface area contributed by atoms with Gasteiger partial charge < -0.3 is 20.1 Å². The largest absolute Gasteiger partial charge is 0.495 e. The third kappa shape index (κ3) is 3.50.